The van der Waals surface area contributed by atoms with E-state index in [0.717, 1.165) is 76.6 Å². The molecule has 4 aromatic carbocycles. The molecule has 2 atom stereocenters. The summed E-state index contributed by atoms with van der Waals surface area (Å²) in [5, 5.41) is 29.9. The Labute approximate surface area is 297 Å². The van der Waals surface area contributed by atoms with Crippen LogP contribution in [0.3, 0.4) is 0 Å². The van der Waals surface area contributed by atoms with Gasteiger partial charge in [-0.05, 0) is 25.0 Å². The van der Waals surface area contributed by atoms with Gasteiger partial charge in [0.1, 0.15) is 33.4 Å². The van der Waals surface area contributed by atoms with Crippen LogP contribution in [-0.4, -0.2) is 31.3 Å². The van der Waals surface area contributed by atoms with Gasteiger partial charge in [0.2, 0.25) is 0 Å². The Hall–Kier alpha value is -5.48. The lowest BCUT2D eigenvalue weighted by molar-refractivity contribution is 0.112. The lowest BCUT2D eigenvalue weighted by Gasteiger charge is -2.48. The predicted molar refractivity (Wildman–Crippen MR) is 206 cm³/mol. The zero-order chi connectivity index (χ0) is 33.3. The number of hydrogen-bond acceptors (Lipinski definition) is 9. The molecule has 0 aliphatic carbocycles. The fourth-order valence-corrected chi connectivity index (χ4v) is 9.92. The van der Waals surface area contributed by atoms with E-state index >= 15 is 0 Å². The van der Waals surface area contributed by atoms with Gasteiger partial charge in [-0.25, -0.2) is 0 Å². The van der Waals surface area contributed by atoms with E-state index in [1.54, 1.807) is 22.7 Å². The molecular weight excluding hydrogens is 655 g/mol. The van der Waals surface area contributed by atoms with Crippen LogP contribution in [0.15, 0.2) is 121 Å². The van der Waals surface area contributed by atoms with Crippen LogP contribution in [0.4, 0.5) is 11.4 Å². The van der Waals surface area contributed by atoms with Crippen molar-refractivity contribution < 1.29 is 0 Å². The van der Waals surface area contributed by atoms with Crippen LogP contribution in [0, 0.1) is 0 Å². The van der Waals surface area contributed by atoms with Crippen molar-refractivity contribution >= 4 is 54.5 Å². The Morgan fingerprint density at radius 2 is 0.860 bits per heavy atom. The standard InChI is InChI=1S/C41H31N7S2/c1-23(2)48-38-36-34(30-28(24-15-7-3-8-16-24)32(44-46-40(30)49-36)26-19-11-5-12-20-26)42-39(48)37-35(43-38)31-29(25-17-9-4-10-18-25)33(45-47-41(31)50-37)27-21-13-6-14-22-27/h3-23,38-39,42-43H,1-2H3/t38-,39-/m0/s1. The summed E-state index contributed by atoms with van der Waals surface area (Å²) < 4.78 is 0. The van der Waals surface area contributed by atoms with E-state index in [4.69, 9.17) is 20.4 Å². The third kappa shape index (κ3) is 4.44. The first-order valence-electron chi connectivity index (χ1n) is 16.8. The van der Waals surface area contributed by atoms with Gasteiger partial charge in [0.15, 0.2) is 0 Å². The van der Waals surface area contributed by atoms with Crippen molar-refractivity contribution in [2.75, 3.05) is 10.6 Å². The molecule has 6 heterocycles. The minimum absolute atomic E-state index is 0.0819. The Morgan fingerprint density at radius 3 is 1.22 bits per heavy atom. The summed E-state index contributed by atoms with van der Waals surface area (Å²) >= 11 is 3.44. The van der Waals surface area contributed by atoms with E-state index in [2.05, 4.69) is 139 Å². The van der Waals surface area contributed by atoms with E-state index in [-0.39, 0.29) is 18.4 Å². The van der Waals surface area contributed by atoms with Crippen molar-refractivity contribution in [2.24, 2.45) is 0 Å². The summed E-state index contributed by atoms with van der Waals surface area (Å²) in [5.41, 5.74) is 10.6. The number of aromatic nitrogens is 4. The largest absolute Gasteiger partial charge is 0.363 e. The van der Waals surface area contributed by atoms with Gasteiger partial charge in [0.25, 0.3) is 0 Å². The Kier molecular flexibility index (Phi) is 6.80. The smallest absolute Gasteiger partial charge is 0.149 e. The molecule has 242 valence electrons. The maximum absolute atomic E-state index is 4.89. The minimum atomic E-state index is -0.0819. The molecule has 7 nitrogen and oxygen atoms in total. The van der Waals surface area contributed by atoms with Crippen molar-refractivity contribution in [1.82, 2.24) is 25.3 Å². The zero-order valence-corrected chi connectivity index (χ0v) is 29.0. The van der Waals surface area contributed by atoms with Crippen LogP contribution in [0.2, 0.25) is 0 Å². The number of rotatable bonds is 5. The second kappa shape index (κ2) is 11.6. The van der Waals surface area contributed by atoms with Crippen molar-refractivity contribution in [3.05, 3.63) is 131 Å². The van der Waals surface area contributed by atoms with Crippen LogP contribution < -0.4 is 10.6 Å². The fourth-order valence-electron chi connectivity index (χ4n) is 7.61. The highest BCUT2D eigenvalue weighted by atomic mass is 32.1. The van der Waals surface area contributed by atoms with E-state index in [1.807, 2.05) is 12.1 Å². The summed E-state index contributed by atoms with van der Waals surface area (Å²) in [6.45, 7) is 4.54. The van der Waals surface area contributed by atoms with Crippen LogP contribution in [0.25, 0.3) is 65.2 Å². The summed E-state index contributed by atoms with van der Waals surface area (Å²) in [5.74, 6) is 0. The highest BCUT2D eigenvalue weighted by Gasteiger charge is 2.46. The van der Waals surface area contributed by atoms with Crippen molar-refractivity contribution in [2.45, 2.75) is 32.2 Å². The van der Waals surface area contributed by atoms with E-state index in [1.165, 1.54) is 9.75 Å². The zero-order valence-electron chi connectivity index (χ0n) is 27.3. The fraction of sp³-hybridized carbons (Fsp3) is 0.122. The van der Waals surface area contributed by atoms with Crippen molar-refractivity contribution in [3.8, 4) is 44.8 Å². The number of hydrogen-bond donors (Lipinski definition) is 2. The van der Waals surface area contributed by atoms with Gasteiger partial charge >= 0.3 is 0 Å². The van der Waals surface area contributed by atoms with Crippen molar-refractivity contribution in [1.29, 1.82) is 0 Å². The molecule has 0 radical (unpaired) electrons. The lowest BCUT2D eigenvalue weighted by atomic mass is 9.94. The van der Waals surface area contributed by atoms with Gasteiger partial charge in [0.05, 0.1) is 21.1 Å². The van der Waals surface area contributed by atoms with Gasteiger partial charge < -0.3 is 10.6 Å². The number of anilines is 2. The normalized spacial score (nSPS) is 16.6. The van der Waals surface area contributed by atoms with E-state index in [9.17, 15) is 0 Å². The van der Waals surface area contributed by atoms with Crippen LogP contribution >= 0.6 is 22.7 Å². The highest BCUT2D eigenvalue weighted by molar-refractivity contribution is 7.20. The topological polar surface area (TPSA) is 78.9 Å². The minimum Gasteiger partial charge on any atom is -0.363 e. The first kappa shape index (κ1) is 29.4. The molecule has 0 amide bonds. The third-order valence-corrected chi connectivity index (χ3v) is 12.0. The van der Waals surface area contributed by atoms with Gasteiger partial charge in [-0.15, -0.1) is 43.1 Å². The summed E-state index contributed by atoms with van der Waals surface area (Å²) in [6.07, 6.45) is -0.164. The molecule has 2 aliphatic heterocycles. The molecule has 9 heteroatoms. The lowest BCUT2D eigenvalue weighted by Crippen LogP contribution is -2.49. The molecular formula is C41H31N7S2. The molecule has 2 N–H and O–H groups in total. The van der Waals surface area contributed by atoms with Gasteiger partial charge in [-0.2, -0.15) is 0 Å². The average Bonchev–Trinajstić information content (AvgIpc) is 3.74. The number of thiophene rings is 2. The van der Waals surface area contributed by atoms with Gasteiger partial charge in [0, 0.05) is 39.1 Å². The SMILES string of the molecule is CC(C)N1[C@@H]2Nc3c(sc4nnc(-c5ccccc5)c(-c5ccccc5)c34)[C@H]1Nc1c2sc2nnc(-c3ccccc3)c(-c3ccccc3)c12. The average molecular weight is 686 g/mol. The van der Waals surface area contributed by atoms with Crippen LogP contribution in [-0.2, 0) is 0 Å². The van der Waals surface area contributed by atoms with Crippen LogP contribution in [0.1, 0.15) is 35.9 Å². The van der Waals surface area contributed by atoms with Crippen LogP contribution in [0.5, 0.6) is 0 Å². The highest BCUT2D eigenvalue weighted by Crippen LogP contribution is 2.58. The quantitative estimate of drug-likeness (QED) is 0.187. The number of benzene rings is 4. The van der Waals surface area contributed by atoms with Gasteiger partial charge in [-0.3, -0.25) is 4.90 Å². The Bertz CT molecular complexity index is 2360. The molecule has 2 bridgehead atoms. The second-order valence-corrected chi connectivity index (χ2v) is 15.1. The maximum Gasteiger partial charge on any atom is 0.149 e. The molecule has 10 rings (SSSR count). The summed E-state index contributed by atoms with van der Waals surface area (Å²) in [7, 11) is 0. The summed E-state index contributed by atoms with van der Waals surface area (Å²) in [6, 6.07) is 42.2. The molecule has 0 saturated heterocycles. The maximum atomic E-state index is 4.89. The molecule has 0 fully saturated rings. The van der Waals surface area contributed by atoms with E-state index < -0.39 is 0 Å². The molecule has 4 aromatic heterocycles. The molecule has 2 aliphatic rings. The van der Waals surface area contributed by atoms with E-state index in [0.29, 0.717) is 0 Å². The number of nitrogens with zero attached hydrogens (tertiary/aromatic N) is 5. The molecule has 0 unspecified atom stereocenters. The van der Waals surface area contributed by atoms with Crippen molar-refractivity contribution in [3.63, 3.8) is 0 Å². The first-order valence-corrected chi connectivity index (χ1v) is 18.5. The molecule has 0 spiro atoms. The monoisotopic (exact) mass is 685 g/mol. The third-order valence-electron chi connectivity index (χ3n) is 9.76. The number of fused-ring (bicyclic) bond motifs is 10. The Morgan fingerprint density at radius 1 is 0.500 bits per heavy atom. The predicted octanol–water partition coefficient (Wildman–Crippen LogP) is 10.6. The first-order chi connectivity index (χ1) is 24.7. The molecule has 0 saturated carbocycles. The molecule has 8 aromatic rings. The van der Waals surface area contributed by atoms with Gasteiger partial charge in [-0.1, -0.05) is 121 Å². The Balaban J connectivity index is 1.22. The summed E-state index contributed by atoms with van der Waals surface area (Å²) in [4.78, 5) is 6.80. The second-order valence-electron chi connectivity index (χ2n) is 13.0. The number of nitrogens with one attached hydrogen (secondary N) is 2. The molecule has 50 heavy (non-hydrogen) atoms.